The molecule has 0 spiro atoms. The maximum atomic E-state index is 14.1. The van der Waals surface area contributed by atoms with E-state index in [-0.39, 0.29) is 23.7 Å². The number of ether oxygens (including phenoxy) is 2. The van der Waals surface area contributed by atoms with E-state index < -0.39 is 27.4 Å². The second-order valence-corrected chi connectivity index (χ2v) is 8.36. The Morgan fingerprint density at radius 2 is 1.77 bits per heavy atom. The van der Waals surface area contributed by atoms with Crippen molar-refractivity contribution < 1.29 is 27.1 Å². The van der Waals surface area contributed by atoms with Crippen LogP contribution in [0.1, 0.15) is 10.4 Å². The van der Waals surface area contributed by atoms with Gasteiger partial charge in [0.05, 0.1) is 23.7 Å². The summed E-state index contributed by atoms with van der Waals surface area (Å²) in [6.07, 6.45) is 0. The molecular weight excluding hydrogens is 429 g/mol. The fraction of sp³-hybridized carbons (Fsp3) is 0.235. The van der Waals surface area contributed by atoms with E-state index >= 15 is 0 Å². The van der Waals surface area contributed by atoms with Crippen molar-refractivity contribution in [3.63, 3.8) is 0 Å². The van der Waals surface area contributed by atoms with Crippen LogP contribution >= 0.6 is 15.9 Å². The zero-order valence-corrected chi connectivity index (χ0v) is 15.9. The fourth-order valence-corrected chi connectivity index (χ4v) is 4.12. The minimum Gasteiger partial charge on any atom is -0.423 e. The summed E-state index contributed by atoms with van der Waals surface area (Å²) in [6.45, 7) is 0.995. The maximum absolute atomic E-state index is 14.1. The Morgan fingerprint density at radius 3 is 2.42 bits per heavy atom. The molecular formula is C17H15BrFNO5S. The van der Waals surface area contributed by atoms with Crippen LogP contribution in [-0.4, -0.2) is 45.0 Å². The molecule has 0 N–H and O–H groups in total. The highest BCUT2D eigenvalue weighted by molar-refractivity contribution is 9.10. The minimum absolute atomic E-state index is 0.163. The van der Waals surface area contributed by atoms with Gasteiger partial charge in [-0.2, -0.15) is 4.31 Å². The molecule has 0 unspecified atom stereocenters. The van der Waals surface area contributed by atoms with Crippen molar-refractivity contribution in [3.05, 3.63) is 58.3 Å². The Morgan fingerprint density at radius 1 is 1.12 bits per heavy atom. The molecule has 2 aromatic carbocycles. The van der Waals surface area contributed by atoms with Crippen molar-refractivity contribution in [2.45, 2.75) is 4.90 Å². The summed E-state index contributed by atoms with van der Waals surface area (Å²) in [5.41, 5.74) is -0.442. The molecule has 1 fully saturated rings. The monoisotopic (exact) mass is 443 g/mol. The number of benzene rings is 2. The Labute approximate surface area is 158 Å². The lowest BCUT2D eigenvalue weighted by molar-refractivity contribution is 0.0724. The zero-order valence-electron chi connectivity index (χ0n) is 13.5. The first-order valence-corrected chi connectivity index (χ1v) is 9.96. The first-order valence-electron chi connectivity index (χ1n) is 7.73. The molecule has 0 bridgehead atoms. The molecule has 1 heterocycles. The highest BCUT2D eigenvalue weighted by Crippen LogP contribution is 2.22. The number of carbonyl (C=O) groups is 1. The molecule has 3 rings (SSSR count). The molecule has 6 nitrogen and oxygen atoms in total. The Balaban J connectivity index is 1.87. The molecule has 0 radical (unpaired) electrons. The molecule has 26 heavy (non-hydrogen) atoms. The Hall–Kier alpha value is -1.81. The van der Waals surface area contributed by atoms with Gasteiger partial charge in [-0.05, 0) is 42.5 Å². The Kier molecular flexibility index (Phi) is 5.71. The highest BCUT2D eigenvalue weighted by atomic mass is 79.9. The molecule has 0 atom stereocenters. The fourth-order valence-electron chi connectivity index (χ4n) is 2.42. The van der Waals surface area contributed by atoms with Gasteiger partial charge in [-0.3, -0.25) is 0 Å². The summed E-state index contributed by atoms with van der Waals surface area (Å²) in [5, 5.41) is 0. The van der Waals surface area contributed by atoms with Gasteiger partial charge in [0.25, 0.3) is 0 Å². The van der Waals surface area contributed by atoms with E-state index in [1.165, 1.54) is 16.4 Å². The topological polar surface area (TPSA) is 72.9 Å². The van der Waals surface area contributed by atoms with Gasteiger partial charge < -0.3 is 9.47 Å². The standard InChI is InChI=1S/C17H15BrFNO5S/c18-12-1-3-13(4-2-12)25-17(21)15-11-14(5-6-16(15)19)26(22,23)20-7-9-24-10-8-20/h1-6,11H,7-10H2. The van der Waals surface area contributed by atoms with Gasteiger partial charge >= 0.3 is 5.97 Å². The quantitative estimate of drug-likeness (QED) is 0.536. The normalized spacial score (nSPS) is 15.6. The lowest BCUT2D eigenvalue weighted by Crippen LogP contribution is -2.40. The van der Waals surface area contributed by atoms with E-state index in [1.54, 1.807) is 12.1 Å². The van der Waals surface area contributed by atoms with Crippen LogP contribution in [0.3, 0.4) is 0 Å². The van der Waals surface area contributed by atoms with Crippen LogP contribution in [0.5, 0.6) is 5.75 Å². The predicted molar refractivity (Wildman–Crippen MR) is 95.1 cm³/mol. The summed E-state index contributed by atoms with van der Waals surface area (Å²) in [6, 6.07) is 9.49. The summed E-state index contributed by atoms with van der Waals surface area (Å²) < 4.78 is 51.7. The molecule has 1 aliphatic heterocycles. The van der Waals surface area contributed by atoms with Gasteiger partial charge in [0.1, 0.15) is 11.6 Å². The summed E-state index contributed by atoms with van der Waals surface area (Å²) in [5.74, 6) is -1.60. The van der Waals surface area contributed by atoms with E-state index in [4.69, 9.17) is 9.47 Å². The van der Waals surface area contributed by atoms with Crippen LogP contribution in [0, 0.1) is 5.82 Å². The molecule has 1 saturated heterocycles. The van der Waals surface area contributed by atoms with Gasteiger partial charge in [-0.1, -0.05) is 15.9 Å². The SMILES string of the molecule is O=C(Oc1ccc(Br)cc1)c1cc(S(=O)(=O)N2CCOCC2)ccc1F. The third-order valence-corrected chi connectivity index (χ3v) is 6.21. The van der Waals surface area contributed by atoms with Crippen LogP contribution in [0.2, 0.25) is 0 Å². The molecule has 9 heteroatoms. The molecule has 0 amide bonds. The number of halogens is 2. The predicted octanol–water partition coefficient (Wildman–Crippen LogP) is 2.83. The number of carbonyl (C=O) groups excluding carboxylic acids is 1. The zero-order chi connectivity index (χ0) is 18.7. The third kappa shape index (κ3) is 4.12. The van der Waals surface area contributed by atoms with Crippen molar-refractivity contribution in [1.29, 1.82) is 0 Å². The van der Waals surface area contributed by atoms with Crippen LogP contribution in [0.15, 0.2) is 51.8 Å². The number of hydrogen-bond acceptors (Lipinski definition) is 5. The summed E-state index contributed by atoms with van der Waals surface area (Å²) >= 11 is 3.26. The maximum Gasteiger partial charge on any atom is 0.346 e. The van der Waals surface area contributed by atoms with Gasteiger partial charge in [0, 0.05) is 17.6 Å². The third-order valence-electron chi connectivity index (χ3n) is 3.79. The average molecular weight is 444 g/mol. The smallest absolute Gasteiger partial charge is 0.346 e. The second kappa shape index (κ2) is 7.83. The lowest BCUT2D eigenvalue weighted by atomic mass is 10.2. The van der Waals surface area contributed by atoms with Crippen molar-refractivity contribution in [2.75, 3.05) is 26.3 Å². The molecule has 1 aliphatic rings. The minimum atomic E-state index is -3.84. The molecule has 0 aliphatic carbocycles. The van der Waals surface area contributed by atoms with Crippen molar-refractivity contribution in [2.24, 2.45) is 0 Å². The number of hydrogen-bond donors (Lipinski definition) is 0. The van der Waals surface area contributed by atoms with Gasteiger partial charge in [-0.15, -0.1) is 0 Å². The molecule has 0 saturated carbocycles. The highest BCUT2D eigenvalue weighted by Gasteiger charge is 2.28. The number of nitrogens with zero attached hydrogens (tertiary/aromatic N) is 1. The average Bonchev–Trinajstić information content (AvgIpc) is 2.64. The largest absolute Gasteiger partial charge is 0.423 e. The van der Waals surface area contributed by atoms with E-state index in [9.17, 15) is 17.6 Å². The number of esters is 1. The molecule has 0 aromatic heterocycles. The number of rotatable bonds is 4. The van der Waals surface area contributed by atoms with Crippen LogP contribution < -0.4 is 4.74 Å². The lowest BCUT2D eigenvalue weighted by Gasteiger charge is -2.26. The first-order chi connectivity index (χ1) is 12.4. The van der Waals surface area contributed by atoms with Crippen molar-refractivity contribution in [1.82, 2.24) is 4.31 Å². The van der Waals surface area contributed by atoms with Crippen LogP contribution in [-0.2, 0) is 14.8 Å². The summed E-state index contributed by atoms with van der Waals surface area (Å²) in [4.78, 5) is 12.1. The van der Waals surface area contributed by atoms with Gasteiger partial charge in [-0.25, -0.2) is 17.6 Å². The van der Waals surface area contributed by atoms with Crippen LogP contribution in [0.4, 0.5) is 4.39 Å². The van der Waals surface area contributed by atoms with E-state index in [2.05, 4.69) is 15.9 Å². The first kappa shape index (κ1) is 19.0. The van der Waals surface area contributed by atoms with Crippen molar-refractivity contribution >= 4 is 31.9 Å². The molecule has 138 valence electrons. The summed E-state index contributed by atoms with van der Waals surface area (Å²) in [7, 11) is -3.84. The number of sulfonamides is 1. The van der Waals surface area contributed by atoms with E-state index in [1.807, 2.05) is 0 Å². The van der Waals surface area contributed by atoms with E-state index in [0.29, 0.717) is 13.2 Å². The van der Waals surface area contributed by atoms with Crippen LogP contribution in [0.25, 0.3) is 0 Å². The van der Waals surface area contributed by atoms with E-state index in [0.717, 1.165) is 22.7 Å². The number of morpholine rings is 1. The van der Waals surface area contributed by atoms with Crippen molar-refractivity contribution in [3.8, 4) is 5.75 Å². The van der Waals surface area contributed by atoms with Gasteiger partial charge in [0.2, 0.25) is 10.0 Å². The molecule has 2 aromatic rings. The Bertz CT molecular complexity index is 911. The van der Waals surface area contributed by atoms with Gasteiger partial charge in [0.15, 0.2) is 0 Å². The second-order valence-electron chi connectivity index (χ2n) is 5.50.